The molecule has 15 heavy (non-hydrogen) atoms. The number of hydrogen-bond acceptors (Lipinski definition) is 2. The van der Waals surface area contributed by atoms with Crippen LogP contribution < -0.4 is 10.1 Å². The minimum atomic E-state index is 0.636. The van der Waals surface area contributed by atoms with Gasteiger partial charge in [-0.25, -0.2) is 0 Å². The molecular formula is C13H19NO. The number of rotatable bonds is 3. The predicted octanol–water partition coefficient (Wildman–Crippen LogP) is 3.21. The van der Waals surface area contributed by atoms with Crippen molar-refractivity contribution in [2.45, 2.75) is 32.7 Å². The van der Waals surface area contributed by atoms with E-state index in [4.69, 9.17) is 4.74 Å². The highest BCUT2D eigenvalue weighted by Gasteiger charge is 2.25. The van der Waals surface area contributed by atoms with E-state index in [9.17, 15) is 0 Å². The van der Waals surface area contributed by atoms with Gasteiger partial charge in [-0.1, -0.05) is 13.0 Å². The summed E-state index contributed by atoms with van der Waals surface area (Å²) in [5.74, 6) is 1.83. The third-order valence-corrected chi connectivity index (χ3v) is 3.09. The van der Waals surface area contributed by atoms with Crippen molar-refractivity contribution in [3.63, 3.8) is 0 Å². The Morgan fingerprint density at radius 3 is 2.67 bits per heavy atom. The largest absolute Gasteiger partial charge is 0.495 e. The Hall–Kier alpha value is -1.18. The van der Waals surface area contributed by atoms with Crippen LogP contribution in [0.4, 0.5) is 5.69 Å². The van der Waals surface area contributed by atoms with Gasteiger partial charge in [0.05, 0.1) is 12.8 Å². The quantitative estimate of drug-likeness (QED) is 0.818. The Morgan fingerprint density at radius 2 is 2.07 bits per heavy atom. The minimum absolute atomic E-state index is 0.636. The predicted molar refractivity (Wildman–Crippen MR) is 63.5 cm³/mol. The third-order valence-electron chi connectivity index (χ3n) is 3.09. The molecule has 1 aliphatic rings. The van der Waals surface area contributed by atoms with E-state index in [1.165, 1.54) is 18.4 Å². The Kier molecular flexibility index (Phi) is 2.85. The molecule has 1 aromatic rings. The van der Waals surface area contributed by atoms with Crippen LogP contribution in [0.5, 0.6) is 5.75 Å². The van der Waals surface area contributed by atoms with E-state index in [0.29, 0.717) is 6.04 Å². The van der Waals surface area contributed by atoms with Gasteiger partial charge in [0, 0.05) is 6.04 Å². The third kappa shape index (κ3) is 2.25. The first-order valence-electron chi connectivity index (χ1n) is 5.60. The molecule has 1 saturated carbocycles. The summed E-state index contributed by atoms with van der Waals surface area (Å²) < 4.78 is 5.36. The standard InChI is InChI=1S/C13H19NO/c1-9-4-5-12(13(8-9)15-3)14-11-6-10(2)7-11/h4-5,8,10-11,14H,6-7H2,1-3H3. The van der Waals surface area contributed by atoms with Crippen molar-refractivity contribution in [2.75, 3.05) is 12.4 Å². The van der Waals surface area contributed by atoms with E-state index >= 15 is 0 Å². The van der Waals surface area contributed by atoms with Crippen molar-refractivity contribution >= 4 is 5.69 Å². The molecule has 0 saturated heterocycles. The lowest BCUT2D eigenvalue weighted by Gasteiger charge is -2.34. The molecule has 1 aromatic carbocycles. The molecule has 0 aromatic heterocycles. The maximum Gasteiger partial charge on any atom is 0.142 e. The van der Waals surface area contributed by atoms with Crippen molar-refractivity contribution in [3.8, 4) is 5.75 Å². The first kappa shape index (κ1) is 10.3. The van der Waals surface area contributed by atoms with Crippen molar-refractivity contribution in [1.29, 1.82) is 0 Å². The molecule has 2 nitrogen and oxygen atoms in total. The average Bonchev–Trinajstić information content (AvgIpc) is 2.18. The molecule has 0 unspecified atom stereocenters. The van der Waals surface area contributed by atoms with Gasteiger partial charge in [-0.15, -0.1) is 0 Å². The average molecular weight is 205 g/mol. The van der Waals surface area contributed by atoms with E-state index in [2.05, 4.69) is 37.4 Å². The summed E-state index contributed by atoms with van der Waals surface area (Å²) in [6, 6.07) is 6.94. The zero-order chi connectivity index (χ0) is 10.8. The highest BCUT2D eigenvalue weighted by atomic mass is 16.5. The smallest absolute Gasteiger partial charge is 0.142 e. The van der Waals surface area contributed by atoms with Gasteiger partial charge >= 0.3 is 0 Å². The number of methoxy groups -OCH3 is 1. The maximum atomic E-state index is 5.36. The summed E-state index contributed by atoms with van der Waals surface area (Å²) in [7, 11) is 1.73. The second-order valence-electron chi connectivity index (χ2n) is 4.62. The summed E-state index contributed by atoms with van der Waals surface area (Å²) in [5, 5.41) is 3.53. The summed E-state index contributed by atoms with van der Waals surface area (Å²) in [4.78, 5) is 0. The van der Waals surface area contributed by atoms with Gasteiger partial charge in [-0.2, -0.15) is 0 Å². The fraction of sp³-hybridized carbons (Fsp3) is 0.538. The second-order valence-corrected chi connectivity index (χ2v) is 4.62. The lowest BCUT2D eigenvalue weighted by molar-refractivity contribution is 0.308. The number of aryl methyl sites for hydroxylation is 1. The molecule has 1 N–H and O–H groups in total. The molecule has 2 heteroatoms. The SMILES string of the molecule is COc1cc(C)ccc1NC1CC(C)C1. The van der Waals surface area contributed by atoms with Crippen LogP contribution in [0.2, 0.25) is 0 Å². The van der Waals surface area contributed by atoms with Crippen LogP contribution in [0.15, 0.2) is 18.2 Å². The molecule has 0 amide bonds. The molecule has 0 atom stereocenters. The van der Waals surface area contributed by atoms with Gasteiger partial charge in [0.1, 0.15) is 5.75 Å². The molecule has 0 heterocycles. The first-order chi connectivity index (χ1) is 7.19. The fourth-order valence-electron chi connectivity index (χ4n) is 2.16. The van der Waals surface area contributed by atoms with E-state index in [-0.39, 0.29) is 0 Å². The molecular weight excluding hydrogens is 186 g/mol. The highest BCUT2D eigenvalue weighted by molar-refractivity contribution is 5.58. The van der Waals surface area contributed by atoms with Gasteiger partial charge in [-0.05, 0) is 43.4 Å². The summed E-state index contributed by atoms with van der Waals surface area (Å²) in [6.07, 6.45) is 2.55. The van der Waals surface area contributed by atoms with Crippen LogP contribution in [0, 0.1) is 12.8 Å². The highest BCUT2D eigenvalue weighted by Crippen LogP contribution is 2.33. The normalized spacial score (nSPS) is 24.5. The molecule has 1 aliphatic carbocycles. The van der Waals surface area contributed by atoms with Crippen LogP contribution in [-0.2, 0) is 0 Å². The van der Waals surface area contributed by atoms with E-state index in [0.717, 1.165) is 17.4 Å². The minimum Gasteiger partial charge on any atom is -0.495 e. The van der Waals surface area contributed by atoms with Crippen molar-refractivity contribution in [3.05, 3.63) is 23.8 Å². The molecule has 2 rings (SSSR count). The molecule has 0 radical (unpaired) electrons. The fourth-order valence-corrected chi connectivity index (χ4v) is 2.16. The Bertz CT molecular complexity index is 342. The zero-order valence-corrected chi connectivity index (χ0v) is 9.71. The number of anilines is 1. The molecule has 82 valence electrons. The van der Waals surface area contributed by atoms with Crippen LogP contribution >= 0.6 is 0 Å². The van der Waals surface area contributed by atoms with Gasteiger partial charge < -0.3 is 10.1 Å². The van der Waals surface area contributed by atoms with Crippen LogP contribution in [-0.4, -0.2) is 13.2 Å². The van der Waals surface area contributed by atoms with E-state index in [1.807, 2.05) is 0 Å². The molecule has 0 bridgehead atoms. The lowest BCUT2D eigenvalue weighted by atomic mass is 9.82. The summed E-state index contributed by atoms with van der Waals surface area (Å²) >= 11 is 0. The van der Waals surface area contributed by atoms with Crippen LogP contribution in [0.25, 0.3) is 0 Å². The van der Waals surface area contributed by atoms with Gasteiger partial charge in [0.15, 0.2) is 0 Å². The number of hydrogen-bond donors (Lipinski definition) is 1. The van der Waals surface area contributed by atoms with Crippen molar-refractivity contribution in [1.82, 2.24) is 0 Å². The van der Waals surface area contributed by atoms with Gasteiger partial charge in [0.25, 0.3) is 0 Å². The molecule has 0 aliphatic heterocycles. The Balaban J connectivity index is 2.07. The van der Waals surface area contributed by atoms with Crippen molar-refractivity contribution < 1.29 is 4.74 Å². The topological polar surface area (TPSA) is 21.3 Å². The van der Waals surface area contributed by atoms with E-state index < -0.39 is 0 Å². The van der Waals surface area contributed by atoms with Gasteiger partial charge in [0.2, 0.25) is 0 Å². The monoisotopic (exact) mass is 205 g/mol. The van der Waals surface area contributed by atoms with Gasteiger partial charge in [-0.3, -0.25) is 0 Å². The maximum absolute atomic E-state index is 5.36. The first-order valence-corrected chi connectivity index (χ1v) is 5.60. The molecule has 1 fully saturated rings. The second kappa shape index (κ2) is 4.13. The van der Waals surface area contributed by atoms with Crippen molar-refractivity contribution in [2.24, 2.45) is 5.92 Å². The van der Waals surface area contributed by atoms with E-state index in [1.54, 1.807) is 7.11 Å². The summed E-state index contributed by atoms with van der Waals surface area (Å²) in [6.45, 7) is 4.38. The zero-order valence-electron chi connectivity index (χ0n) is 9.71. The Labute approximate surface area is 91.6 Å². The number of ether oxygens (including phenoxy) is 1. The number of benzene rings is 1. The number of nitrogens with one attached hydrogen (secondary N) is 1. The Morgan fingerprint density at radius 1 is 1.33 bits per heavy atom. The lowest BCUT2D eigenvalue weighted by Crippen LogP contribution is -2.33. The molecule has 0 spiro atoms. The van der Waals surface area contributed by atoms with Crippen LogP contribution in [0.1, 0.15) is 25.3 Å². The van der Waals surface area contributed by atoms with Crippen LogP contribution in [0.3, 0.4) is 0 Å². The summed E-state index contributed by atoms with van der Waals surface area (Å²) in [5.41, 5.74) is 2.36.